The third-order valence-corrected chi connectivity index (χ3v) is 3.77. The average Bonchev–Trinajstić information content (AvgIpc) is 2.50. The van der Waals surface area contributed by atoms with Crippen molar-refractivity contribution in [2.75, 3.05) is 10.6 Å². The Bertz CT molecular complexity index is 728. The fourth-order valence-corrected chi connectivity index (χ4v) is 2.36. The van der Waals surface area contributed by atoms with Crippen molar-refractivity contribution in [2.24, 2.45) is 0 Å². The maximum atomic E-state index is 11.9. The van der Waals surface area contributed by atoms with Crippen molar-refractivity contribution < 1.29 is 9.59 Å². The summed E-state index contributed by atoms with van der Waals surface area (Å²) < 4.78 is 0. The molecule has 0 heterocycles. The van der Waals surface area contributed by atoms with Gasteiger partial charge < -0.3 is 10.6 Å². The van der Waals surface area contributed by atoms with Gasteiger partial charge in [0.15, 0.2) is 0 Å². The van der Waals surface area contributed by atoms with E-state index in [2.05, 4.69) is 24.5 Å². The van der Waals surface area contributed by atoms with Gasteiger partial charge in [0, 0.05) is 10.7 Å². The quantitative estimate of drug-likeness (QED) is 0.788. The van der Waals surface area contributed by atoms with Crippen LogP contribution in [-0.2, 0) is 9.59 Å². The summed E-state index contributed by atoms with van der Waals surface area (Å²) in [5.41, 5.74) is 2.03. The van der Waals surface area contributed by atoms with Crippen LogP contribution in [0, 0.1) is 0 Å². The molecule has 6 heteroatoms. The number of halogens is 2. The third kappa shape index (κ3) is 4.71. The highest BCUT2D eigenvalue weighted by Gasteiger charge is 2.15. The van der Waals surface area contributed by atoms with Crippen molar-refractivity contribution in [3.05, 3.63) is 58.1 Å². The number of carbonyl (C=O) groups excluding carboxylic acids is 2. The lowest BCUT2D eigenvalue weighted by atomic mass is 10.0. The van der Waals surface area contributed by atoms with Crippen LogP contribution in [0.2, 0.25) is 10.0 Å². The fourth-order valence-electron chi connectivity index (χ4n) is 1.91. The predicted molar refractivity (Wildman–Crippen MR) is 94.3 cm³/mol. The summed E-state index contributed by atoms with van der Waals surface area (Å²) in [6.45, 7) is 4.16. The number of hydrogen-bond donors (Lipinski definition) is 2. The molecule has 0 aromatic heterocycles. The average molecular weight is 351 g/mol. The van der Waals surface area contributed by atoms with Crippen molar-refractivity contribution in [3.63, 3.8) is 0 Å². The van der Waals surface area contributed by atoms with E-state index in [-0.39, 0.29) is 5.02 Å². The molecule has 120 valence electrons. The van der Waals surface area contributed by atoms with Crippen LogP contribution < -0.4 is 10.6 Å². The summed E-state index contributed by atoms with van der Waals surface area (Å²) in [5, 5.41) is 5.70. The maximum Gasteiger partial charge on any atom is 0.314 e. The summed E-state index contributed by atoms with van der Waals surface area (Å²) in [7, 11) is 0. The molecular weight excluding hydrogens is 335 g/mol. The van der Waals surface area contributed by atoms with E-state index in [4.69, 9.17) is 23.2 Å². The van der Waals surface area contributed by atoms with Gasteiger partial charge in [-0.3, -0.25) is 9.59 Å². The second kappa shape index (κ2) is 7.49. The van der Waals surface area contributed by atoms with E-state index in [1.54, 1.807) is 18.2 Å². The highest BCUT2D eigenvalue weighted by Crippen LogP contribution is 2.25. The summed E-state index contributed by atoms with van der Waals surface area (Å²) in [4.78, 5) is 23.8. The van der Waals surface area contributed by atoms with Gasteiger partial charge in [-0.2, -0.15) is 0 Å². The van der Waals surface area contributed by atoms with E-state index in [9.17, 15) is 9.59 Å². The van der Waals surface area contributed by atoms with Crippen molar-refractivity contribution >= 4 is 46.4 Å². The van der Waals surface area contributed by atoms with Gasteiger partial charge >= 0.3 is 11.8 Å². The number of benzene rings is 2. The molecule has 4 nitrogen and oxygen atoms in total. The summed E-state index contributed by atoms with van der Waals surface area (Å²) >= 11 is 11.7. The van der Waals surface area contributed by atoms with Gasteiger partial charge in [0.25, 0.3) is 0 Å². The lowest BCUT2D eigenvalue weighted by molar-refractivity contribution is -0.132. The van der Waals surface area contributed by atoms with Crippen LogP contribution in [0.4, 0.5) is 11.4 Å². The molecule has 0 aliphatic rings. The molecule has 0 atom stereocenters. The third-order valence-electron chi connectivity index (χ3n) is 3.22. The van der Waals surface area contributed by atoms with Gasteiger partial charge in [-0.25, -0.2) is 0 Å². The highest BCUT2D eigenvalue weighted by molar-refractivity contribution is 6.45. The van der Waals surface area contributed by atoms with Crippen LogP contribution in [0.25, 0.3) is 0 Å². The topological polar surface area (TPSA) is 58.2 Å². The first kappa shape index (κ1) is 17.3. The van der Waals surface area contributed by atoms with Gasteiger partial charge in [-0.15, -0.1) is 0 Å². The lowest BCUT2D eigenvalue weighted by Gasteiger charge is -2.09. The molecule has 0 saturated heterocycles. The number of amides is 2. The van der Waals surface area contributed by atoms with Gasteiger partial charge in [0.05, 0.1) is 10.7 Å². The van der Waals surface area contributed by atoms with E-state index < -0.39 is 11.8 Å². The van der Waals surface area contributed by atoms with Gasteiger partial charge in [0.1, 0.15) is 0 Å². The zero-order valence-electron chi connectivity index (χ0n) is 12.7. The molecule has 0 spiro atoms. The van der Waals surface area contributed by atoms with Gasteiger partial charge in [-0.05, 0) is 41.8 Å². The van der Waals surface area contributed by atoms with E-state index >= 15 is 0 Å². The molecule has 2 rings (SSSR count). The van der Waals surface area contributed by atoms with Crippen molar-refractivity contribution in [3.8, 4) is 0 Å². The lowest BCUT2D eigenvalue weighted by Crippen LogP contribution is -2.29. The molecule has 0 bridgehead atoms. The number of nitrogens with one attached hydrogen (secondary N) is 2. The molecule has 0 aliphatic carbocycles. The highest BCUT2D eigenvalue weighted by atomic mass is 35.5. The van der Waals surface area contributed by atoms with Crippen LogP contribution in [-0.4, -0.2) is 11.8 Å². The van der Waals surface area contributed by atoms with Crippen molar-refractivity contribution in [2.45, 2.75) is 19.8 Å². The molecule has 0 aliphatic heterocycles. The van der Waals surface area contributed by atoms with Crippen LogP contribution in [0.3, 0.4) is 0 Å². The molecule has 0 unspecified atom stereocenters. The number of rotatable bonds is 3. The van der Waals surface area contributed by atoms with E-state index in [1.165, 1.54) is 12.1 Å². The molecule has 2 aromatic rings. The molecule has 0 saturated carbocycles. The summed E-state index contributed by atoms with van der Waals surface area (Å²) in [5.74, 6) is -1.18. The molecule has 0 radical (unpaired) electrons. The van der Waals surface area contributed by atoms with Crippen molar-refractivity contribution in [1.29, 1.82) is 0 Å². The zero-order chi connectivity index (χ0) is 17.0. The standard InChI is InChI=1S/C17H16Cl2N2O2/c1-10(2)11-3-6-13(7-4-11)20-16(22)17(23)21-15-8-5-12(18)9-14(15)19/h3-10H,1-2H3,(H,20,22)(H,21,23). The maximum absolute atomic E-state index is 11.9. The molecule has 2 amide bonds. The second-order valence-electron chi connectivity index (χ2n) is 5.31. The summed E-state index contributed by atoms with van der Waals surface area (Å²) in [6.07, 6.45) is 0. The smallest absolute Gasteiger partial charge is 0.314 e. The Balaban J connectivity index is 2.01. The predicted octanol–water partition coefficient (Wildman–Crippen LogP) is 4.69. The second-order valence-corrected chi connectivity index (χ2v) is 6.15. The van der Waals surface area contributed by atoms with E-state index in [0.717, 1.165) is 5.56 Å². The molecular formula is C17H16Cl2N2O2. The largest absolute Gasteiger partial charge is 0.318 e. The number of carbonyl (C=O) groups is 2. The van der Waals surface area contributed by atoms with E-state index in [1.807, 2.05) is 12.1 Å². The Morgan fingerprint density at radius 3 is 2.09 bits per heavy atom. The fraction of sp³-hybridized carbons (Fsp3) is 0.176. The van der Waals surface area contributed by atoms with Crippen LogP contribution in [0.1, 0.15) is 25.3 Å². The van der Waals surface area contributed by atoms with Crippen LogP contribution >= 0.6 is 23.2 Å². The molecule has 2 aromatic carbocycles. The first-order valence-corrected chi connectivity index (χ1v) is 7.79. The normalized spacial score (nSPS) is 10.5. The van der Waals surface area contributed by atoms with Crippen LogP contribution in [0.15, 0.2) is 42.5 Å². The monoisotopic (exact) mass is 350 g/mol. The zero-order valence-corrected chi connectivity index (χ0v) is 14.2. The molecule has 23 heavy (non-hydrogen) atoms. The minimum Gasteiger partial charge on any atom is -0.318 e. The summed E-state index contributed by atoms with van der Waals surface area (Å²) in [6, 6.07) is 11.9. The Morgan fingerprint density at radius 1 is 0.913 bits per heavy atom. The minimum atomic E-state index is -0.804. The Morgan fingerprint density at radius 2 is 1.52 bits per heavy atom. The first-order chi connectivity index (χ1) is 10.9. The Hall–Kier alpha value is -2.04. The molecule has 0 fully saturated rings. The minimum absolute atomic E-state index is 0.264. The number of hydrogen-bond acceptors (Lipinski definition) is 2. The number of anilines is 2. The first-order valence-electron chi connectivity index (χ1n) is 7.04. The van der Waals surface area contributed by atoms with Gasteiger partial charge in [0.2, 0.25) is 0 Å². The Kier molecular flexibility index (Phi) is 5.64. The Labute approximate surface area is 144 Å². The SMILES string of the molecule is CC(C)c1ccc(NC(=O)C(=O)Nc2ccc(Cl)cc2Cl)cc1. The van der Waals surface area contributed by atoms with E-state index in [0.29, 0.717) is 22.3 Å². The molecule has 2 N–H and O–H groups in total. The van der Waals surface area contributed by atoms with Gasteiger partial charge in [-0.1, -0.05) is 49.2 Å². The van der Waals surface area contributed by atoms with Crippen molar-refractivity contribution in [1.82, 2.24) is 0 Å². The van der Waals surface area contributed by atoms with Crippen LogP contribution in [0.5, 0.6) is 0 Å².